The van der Waals surface area contributed by atoms with Gasteiger partial charge in [0.05, 0.1) is 4.99 Å². The van der Waals surface area contributed by atoms with Crippen molar-refractivity contribution in [2.45, 2.75) is 6.42 Å². The lowest BCUT2D eigenvalue weighted by Crippen LogP contribution is -2.31. The molecule has 0 spiro atoms. The molecule has 4 nitrogen and oxygen atoms in total. The van der Waals surface area contributed by atoms with Crippen LogP contribution in [0.1, 0.15) is 6.42 Å². The second kappa shape index (κ2) is 6.30. The van der Waals surface area contributed by atoms with Crippen molar-refractivity contribution in [1.82, 2.24) is 5.32 Å². The van der Waals surface area contributed by atoms with E-state index in [0.717, 1.165) is 0 Å². The van der Waals surface area contributed by atoms with Crippen LogP contribution in [0.2, 0.25) is 5.02 Å². The average molecular weight is 258 g/mol. The van der Waals surface area contributed by atoms with Crippen molar-refractivity contribution in [1.29, 1.82) is 0 Å². The van der Waals surface area contributed by atoms with E-state index in [1.807, 2.05) is 0 Å². The summed E-state index contributed by atoms with van der Waals surface area (Å²) in [6, 6.07) is 6.54. The van der Waals surface area contributed by atoms with Crippen LogP contribution in [0.3, 0.4) is 0 Å². The lowest BCUT2D eigenvalue weighted by atomic mass is 10.3. The molecule has 0 unspecified atom stereocenters. The minimum absolute atomic E-state index is 0.293. The fourth-order valence-corrected chi connectivity index (χ4v) is 1.24. The number of urea groups is 1. The normalized spacial score (nSPS) is 9.56. The van der Waals surface area contributed by atoms with Crippen molar-refractivity contribution in [3.8, 4) is 0 Å². The van der Waals surface area contributed by atoms with Crippen LogP contribution < -0.4 is 16.4 Å². The van der Waals surface area contributed by atoms with Crippen LogP contribution in [-0.4, -0.2) is 17.6 Å². The van der Waals surface area contributed by atoms with Gasteiger partial charge in [0.15, 0.2) is 0 Å². The third-order valence-corrected chi connectivity index (χ3v) is 2.22. The molecule has 0 heterocycles. The highest BCUT2D eigenvalue weighted by Gasteiger charge is 2.00. The number of thiocarbonyl (C=S) groups is 1. The molecular formula is C10H12ClN3OS. The molecule has 0 saturated carbocycles. The summed E-state index contributed by atoms with van der Waals surface area (Å²) in [7, 11) is 0. The maximum absolute atomic E-state index is 11.3. The predicted molar refractivity (Wildman–Crippen MR) is 69.9 cm³/mol. The summed E-state index contributed by atoms with van der Waals surface area (Å²) in [5.74, 6) is 0. The van der Waals surface area contributed by atoms with Crippen LogP contribution in [0, 0.1) is 0 Å². The van der Waals surface area contributed by atoms with Crippen LogP contribution in [0.4, 0.5) is 10.5 Å². The molecule has 16 heavy (non-hydrogen) atoms. The molecule has 0 aliphatic heterocycles. The highest BCUT2D eigenvalue weighted by atomic mass is 35.5. The first-order chi connectivity index (χ1) is 7.58. The van der Waals surface area contributed by atoms with Crippen molar-refractivity contribution < 1.29 is 4.79 Å². The van der Waals surface area contributed by atoms with E-state index in [1.165, 1.54) is 0 Å². The standard InChI is InChI=1S/C10H12ClN3OS/c11-7-1-3-8(4-2-7)14-10(15)13-6-5-9(12)16/h1-4H,5-6H2,(H2,12,16)(H2,13,14,15). The highest BCUT2D eigenvalue weighted by molar-refractivity contribution is 7.80. The Morgan fingerprint density at radius 1 is 1.38 bits per heavy atom. The number of nitrogens with one attached hydrogen (secondary N) is 2. The fraction of sp³-hybridized carbons (Fsp3) is 0.200. The van der Waals surface area contributed by atoms with Crippen molar-refractivity contribution >= 4 is 40.5 Å². The third kappa shape index (κ3) is 4.95. The Hall–Kier alpha value is -1.33. The van der Waals surface area contributed by atoms with Gasteiger partial charge >= 0.3 is 6.03 Å². The number of carbonyl (C=O) groups excluding carboxylic acids is 1. The molecule has 86 valence electrons. The van der Waals surface area contributed by atoms with Crippen LogP contribution in [0.25, 0.3) is 0 Å². The maximum atomic E-state index is 11.3. The molecule has 1 rings (SSSR count). The molecule has 1 aromatic carbocycles. The minimum Gasteiger partial charge on any atom is -0.393 e. The van der Waals surface area contributed by atoms with E-state index >= 15 is 0 Å². The Labute approximate surface area is 104 Å². The number of nitrogens with two attached hydrogens (primary N) is 1. The molecule has 0 saturated heterocycles. The smallest absolute Gasteiger partial charge is 0.319 e. The SMILES string of the molecule is NC(=S)CCNC(=O)Nc1ccc(Cl)cc1. The van der Waals surface area contributed by atoms with Crippen molar-refractivity contribution in [2.24, 2.45) is 5.73 Å². The fourth-order valence-electron chi connectivity index (χ4n) is 1.01. The highest BCUT2D eigenvalue weighted by Crippen LogP contribution is 2.12. The first-order valence-corrected chi connectivity index (χ1v) is 5.45. The van der Waals surface area contributed by atoms with E-state index in [-0.39, 0.29) is 6.03 Å². The van der Waals surface area contributed by atoms with Gasteiger partial charge in [-0.2, -0.15) is 0 Å². The number of carbonyl (C=O) groups is 1. The number of amides is 2. The van der Waals surface area contributed by atoms with E-state index < -0.39 is 0 Å². The summed E-state index contributed by atoms with van der Waals surface area (Å²) >= 11 is 10.4. The number of hydrogen-bond acceptors (Lipinski definition) is 2. The van der Waals surface area contributed by atoms with Crippen molar-refractivity contribution in [3.63, 3.8) is 0 Å². The van der Waals surface area contributed by atoms with Gasteiger partial charge < -0.3 is 16.4 Å². The number of benzene rings is 1. The molecule has 0 aliphatic rings. The molecule has 0 atom stereocenters. The zero-order valence-electron chi connectivity index (χ0n) is 8.50. The number of rotatable bonds is 4. The van der Waals surface area contributed by atoms with Crippen LogP contribution in [0.5, 0.6) is 0 Å². The molecule has 0 bridgehead atoms. The minimum atomic E-state index is -0.293. The van der Waals surface area contributed by atoms with Gasteiger partial charge in [0.2, 0.25) is 0 Å². The Morgan fingerprint density at radius 3 is 2.56 bits per heavy atom. The molecule has 0 aliphatic carbocycles. The Morgan fingerprint density at radius 2 is 2.00 bits per heavy atom. The Balaban J connectivity index is 2.34. The van der Waals surface area contributed by atoms with Gasteiger partial charge in [-0.1, -0.05) is 23.8 Å². The monoisotopic (exact) mass is 257 g/mol. The van der Waals surface area contributed by atoms with E-state index in [4.69, 9.17) is 17.3 Å². The molecule has 2 amide bonds. The summed E-state index contributed by atoms with van der Waals surface area (Å²) in [5.41, 5.74) is 5.97. The second-order valence-electron chi connectivity index (χ2n) is 3.10. The zero-order valence-corrected chi connectivity index (χ0v) is 10.1. The van der Waals surface area contributed by atoms with Crippen LogP contribution in [-0.2, 0) is 0 Å². The molecule has 1 aromatic rings. The molecule has 0 aromatic heterocycles. The van der Waals surface area contributed by atoms with Gasteiger partial charge in [0.1, 0.15) is 0 Å². The van der Waals surface area contributed by atoms with Crippen molar-refractivity contribution in [2.75, 3.05) is 11.9 Å². The van der Waals surface area contributed by atoms with E-state index in [2.05, 4.69) is 22.9 Å². The molecule has 6 heteroatoms. The average Bonchev–Trinajstić information content (AvgIpc) is 2.21. The largest absolute Gasteiger partial charge is 0.393 e. The topological polar surface area (TPSA) is 67.1 Å². The first kappa shape index (κ1) is 12.7. The second-order valence-corrected chi connectivity index (χ2v) is 4.06. The summed E-state index contributed by atoms with van der Waals surface area (Å²) in [6.07, 6.45) is 0.489. The van der Waals surface area contributed by atoms with Gasteiger partial charge in [0, 0.05) is 23.7 Å². The lowest BCUT2D eigenvalue weighted by molar-refractivity contribution is 0.252. The third-order valence-electron chi connectivity index (χ3n) is 1.76. The number of hydrogen-bond donors (Lipinski definition) is 3. The van der Waals surface area contributed by atoms with E-state index in [0.29, 0.717) is 28.7 Å². The van der Waals surface area contributed by atoms with Crippen LogP contribution in [0.15, 0.2) is 24.3 Å². The maximum Gasteiger partial charge on any atom is 0.319 e. The quantitative estimate of drug-likeness (QED) is 0.724. The Bertz CT molecular complexity index is 380. The van der Waals surface area contributed by atoms with Gasteiger partial charge in [0.25, 0.3) is 0 Å². The number of halogens is 1. The lowest BCUT2D eigenvalue weighted by Gasteiger charge is -2.06. The zero-order chi connectivity index (χ0) is 12.0. The molecule has 0 radical (unpaired) electrons. The number of anilines is 1. The molecule has 0 fully saturated rings. The first-order valence-electron chi connectivity index (χ1n) is 4.66. The summed E-state index contributed by atoms with van der Waals surface area (Å²) < 4.78 is 0. The van der Waals surface area contributed by atoms with Gasteiger partial charge in [-0.3, -0.25) is 0 Å². The van der Waals surface area contributed by atoms with Crippen LogP contribution >= 0.6 is 23.8 Å². The van der Waals surface area contributed by atoms with E-state index in [1.54, 1.807) is 24.3 Å². The summed E-state index contributed by atoms with van der Waals surface area (Å²) in [4.78, 5) is 11.7. The van der Waals surface area contributed by atoms with E-state index in [9.17, 15) is 4.79 Å². The molecular weight excluding hydrogens is 246 g/mol. The summed E-state index contributed by atoms with van der Waals surface area (Å²) in [6.45, 7) is 0.425. The van der Waals surface area contributed by atoms with Gasteiger partial charge in [-0.15, -0.1) is 0 Å². The van der Waals surface area contributed by atoms with Gasteiger partial charge in [-0.25, -0.2) is 4.79 Å². The summed E-state index contributed by atoms with van der Waals surface area (Å²) in [5, 5.41) is 5.90. The predicted octanol–water partition coefficient (Wildman–Crippen LogP) is 2.14. The molecule has 4 N–H and O–H groups in total. The Kier molecular flexibility index (Phi) is 5.01. The van der Waals surface area contributed by atoms with Crippen molar-refractivity contribution in [3.05, 3.63) is 29.3 Å². The van der Waals surface area contributed by atoms with Gasteiger partial charge in [-0.05, 0) is 24.3 Å².